The van der Waals surface area contributed by atoms with E-state index in [2.05, 4.69) is 43.4 Å². The highest BCUT2D eigenvalue weighted by atomic mass is 28.4. The van der Waals surface area contributed by atoms with Crippen LogP contribution >= 0.6 is 0 Å². The summed E-state index contributed by atoms with van der Waals surface area (Å²) in [6, 6.07) is 4.00. The molecule has 1 saturated heterocycles. The number of hydrogen-bond acceptors (Lipinski definition) is 1. The number of allylic oxidation sites excluding steroid dienone is 1. The van der Waals surface area contributed by atoms with Gasteiger partial charge < -0.3 is 4.23 Å². The molecule has 3 heteroatoms. The molecule has 1 nitrogen and oxygen atoms in total. The highest BCUT2D eigenvalue weighted by molar-refractivity contribution is 6.95. The molecule has 2 rings (SSSR count). The third kappa shape index (κ3) is 2.61. The predicted molar refractivity (Wildman–Crippen MR) is 82.4 cm³/mol. The third-order valence-electron chi connectivity index (χ3n) is 4.95. The summed E-state index contributed by atoms with van der Waals surface area (Å²) in [6.07, 6.45) is 7.98. The van der Waals surface area contributed by atoms with Crippen molar-refractivity contribution in [2.75, 3.05) is 0 Å². The molecule has 1 unspecified atom stereocenters. The maximum atomic E-state index is 3.10. The van der Waals surface area contributed by atoms with Crippen molar-refractivity contribution in [1.82, 2.24) is 4.23 Å². The Morgan fingerprint density at radius 3 is 2.18 bits per heavy atom. The first-order chi connectivity index (χ1) is 7.87. The number of nitrogens with zero attached hydrogens (tertiary/aromatic N) is 1. The molecular weight excluding hydrogens is 238 g/mol. The minimum Gasteiger partial charge on any atom is -0.343 e. The second-order valence-corrected chi connectivity index (χ2v) is 16.8. The van der Waals surface area contributed by atoms with Gasteiger partial charge in [0.15, 0.2) is 0 Å². The molecule has 0 aromatic carbocycles. The lowest BCUT2D eigenvalue weighted by atomic mass is 9.94. The van der Waals surface area contributed by atoms with E-state index < -0.39 is 16.5 Å². The van der Waals surface area contributed by atoms with Crippen LogP contribution in [0.3, 0.4) is 0 Å². The van der Waals surface area contributed by atoms with Gasteiger partial charge in [0.2, 0.25) is 0 Å². The Balaban J connectivity index is 2.14. The molecular formula is C14H29NSi2. The summed E-state index contributed by atoms with van der Waals surface area (Å²) in [5.41, 5.74) is 1.71. The van der Waals surface area contributed by atoms with Crippen LogP contribution in [0.1, 0.15) is 32.6 Å². The Morgan fingerprint density at radius 2 is 1.76 bits per heavy atom. The van der Waals surface area contributed by atoms with E-state index in [0.29, 0.717) is 0 Å². The molecule has 1 aliphatic carbocycles. The fourth-order valence-electron chi connectivity index (χ4n) is 4.09. The van der Waals surface area contributed by atoms with Gasteiger partial charge in [-0.2, -0.15) is 0 Å². The molecule has 0 bridgehead atoms. The van der Waals surface area contributed by atoms with Gasteiger partial charge in [-0.1, -0.05) is 44.8 Å². The summed E-state index contributed by atoms with van der Waals surface area (Å²) in [7, 11) is -2.12. The molecule has 0 aromatic rings. The van der Waals surface area contributed by atoms with Crippen LogP contribution in [0, 0.1) is 0 Å². The van der Waals surface area contributed by atoms with E-state index in [4.69, 9.17) is 0 Å². The second kappa shape index (κ2) is 4.67. The van der Waals surface area contributed by atoms with Crippen molar-refractivity contribution in [2.24, 2.45) is 0 Å². The molecule has 0 saturated carbocycles. The van der Waals surface area contributed by atoms with Crippen molar-refractivity contribution < 1.29 is 0 Å². The van der Waals surface area contributed by atoms with E-state index in [9.17, 15) is 0 Å². The molecule has 98 valence electrons. The normalized spacial score (nSPS) is 32.5. The van der Waals surface area contributed by atoms with Crippen molar-refractivity contribution in [3.05, 3.63) is 11.6 Å². The van der Waals surface area contributed by atoms with E-state index in [1.807, 2.05) is 0 Å². The fourth-order valence-corrected chi connectivity index (χ4v) is 19.1. The zero-order valence-corrected chi connectivity index (χ0v) is 14.3. The van der Waals surface area contributed by atoms with Crippen molar-refractivity contribution in [3.8, 4) is 0 Å². The molecule has 0 N–H and O–H groups in total. The van der Waals surface area contributed by atoms with Crippen molar-refractivity contribution in [3.63, 3.8) is 0 Å². The lowest BCUT2D eigenvalue weighted by Crippen LogP contribution is -2.59. The first-order valence-electron chi connectivity index (χ1n) is 7.34. The molecule has 1 atom stereocenters. The fraction of sp³-hybridized carbons (Fsp3) is 0.857. The van der Waals surface area contributed by atoms with Crippen LogP contribution in [0.5, 0.6) is 0 Å². The van der Waals surface area contributed by atoms with Crippen molar-refractivity contribution in [1.29, 1.82) is 0 Å². The Hall–Kier alpha value is 0.134. The predicted octanol–water partition coefficient (Wildman–Crippen LogP) is 4.60. The molecule has 1 heterocycles. The minimum atomic E-state index is -1.06. The summed E-state index contributed by atoms with van der Waals surface area (Å²) >= 11 is 0. The summed E-state index contributed by atoms with van der Waals surface area (Å²) in [6.45, 7) is 12.7. The van der Waals surface area contributed by atoms with Crippen molar-refractivity contribution >= 4 is 16.5 Å². The lowest BCUT2D eigenvalue weighted by Gasteiger charge is -2.46. The number of rotatable bonds is 2. The number of hydrogen-bond donors (Lipinski definition) is 0. The molecule has 1 fully saturated rings. The summed E-state index contributed by atoms with van der Waals surface area (Å²) in [5, 5.41) is 0. The van der Waals surface area contributed by atoms with Crippen LogP contribution in [-0.2, 0) is 0 Å². The molecule has 0 spiro atoms. The molecule has 2 aliphatic rings. The highest BCUT2D eigenvalue weighted by Crippen LogP contribution is 2.41. The summed E-state index contributed by atoms with van der Waals surface area (Å²) in [4.78, 5) is 0. The quantitative estimate of drug-likeness (QED) is 0.522. The van der Waals surface area contributed by atoms with Gasteiger partial charge in [-0.05, 0) is 37.8 Å². The molecule has 1 aliphatic heterocycles. The third-order valence-corrected chi connectivity index (χ3v) is 15.4. The first kappa shape index (κ1) is 13.6. The van der Waals surface area contributed by atoms with Gasteiger partial charge in [-0.25, -0.2) is 0 Å². The van der Waals surface area contributed by atoms with Gasteiger partial charge in [0.1, 0.15) is 16.5 Å². The highest BCUT2D eigenvalue weighted by Gasteiger charge is 2.49. The molecule has 17 heavy (non-hydrogen) atoms. The molecule has 0 radical (unpaired) electrons. The van der Waals surface area contributed by atoms with E-state index in [-0.39, 0.29) is 0 Å². The average Bonchev–Trinajstić information content (AvgIpc) is 2.49. The van der Waals surface area contributed by atoms with Crippen LogP contribution < -0.4 is 0 Å². The monoisotopic (exact) mass is 267 g/mol. The second-order valence-electron chi connectivity index (χ2n) is 7.14. The Bertz CT molecular complexity index is 304. The maximum Gasteiger partial charge on any atom is 0.115 e. The van der Waals surface area contributed by atoms with Crippen LogP contribution in [0.25, 0.3) is 0 Å². The summed E-state index contributed by atoms with van der Waals surface area (Å²) in [5.74, 6) is 0. The van der Waals surface area contributed by atoms with Gasteiger partial charge in [-0.15, -0.1) is 0 Å². The van der Waals surface area contributed by atoms with E-state index >= 15 is 0 Å². The van der Waals surface area contributed by atoms with Crippen molar-refractivity contribution in [2.45, 2.75) is 76.9 Å². The van der Waals surface area contributed by atoms with Gasteiger partial charge in [0.25, 0.3) is 0 Å². The Kier molecular flexibility index (Phi) is 3.72. The van der Waals surface area contributed by atoms with Crippen LogP contribution in [0.2, 0.25) is 38.3 Å². The maximum absolute atomic E-state index is 3.10. The van der Waals surface area contributed by atoms with Crippen LogP contribution in [0.15, 0.2) is 11.6 Å². The molecule has 0 amide bonds. The first-order valence-corrected chi connectivity index (χ1v) is 13.6. The average molecular weight is 268 g/mol. The van der Waals surface area contributed by atoms with Gasteiger partial charge in [0, 0.05) is 6.04 Å². The van der Waals surface area contributed by atoms with Gasteiger partial charge in [0.05, 0.1) is 0 Å². The Morgan fingerprint density at radius 1 is 1.18 bits per heavy atom. The van der Waals surface area contributed by atoms with E-state index in [0.717, 1.165) is 6.04 Å². The van der Waals surface area contributed by atoms with Gasteiger partial charge >= 0.3 is 0 Å². The zero-order valence-electron chi connectivity index (χ0n) is 12.3. The Labute approximate surface area is 109 Å². The van der Waals surface area contributed by atoms with Crippen LogP contribution in [0.4, 0.5) is 0 Å². The molecule has 0 aromatic heterocycles. The van der Waals surface area contributed by atoms with Crippen LogP contribution in [-0.4, -0.2) is 26.7 Å². The largest absolute Gasteiger partial charge is 0.343 e. The summed E-state index contributed by atoms with van der Waals surface area (Å²) < 4.78 is 3.10. The standard InChI is InChI=1S/C14H29NSi2/c1-6-13-7-9-14(10-8-13)15-16(2,3)11-12-17(15,4)5/h7,14H,6,8-12H2,1-5H3. The minimum absolute atomic E-state index is 0.899. The zero-order chi connectivity index (χ0) is 12.7. The van der Waals surface area contributed by atoms with E-state index in [1.54, 1.807) is 17.7 Å². The SMILES string of the molecule is CCC1=CCC(N2[Si](C)(C)CC[Si]2(C)C)CC1. The van der Waals surface area contributed by atoms with E-state index in [1.165, 1.54) is 25.7 Å². The topological polar surface area (TPSA) is 3.24 Å². The smallest absolute Gasteiger partial charge is 0.115 e. The lowest BCUT2D eigenvalue weighted by molar-refractivity contribution is 0.404. The van der Waals surface area contributed by atoms with Gasteiger partial charge in [-0.3, -0.25) is 0 Å².